The molecule has 1 aliphatic carbocycles. The molecule has 0 bridgehead atoms. The molecule has 0 unspecified atom stereocenters. The van der Waals surface area contributed by atoms with Crippen LogP contribution in [0.15, 0.2) is 24.3 Å². The summed E-state index contributed by atoms with van der Waals surface area (Å²) in [5.41, 5.74) is 2.96. The summed E-state index contributed by atoms with van der Waals surface area (Å²) < 4.78 is 13.2. The highest BCUT2D eigenvalue weighted by Gasteiger charge is 2.25. The minimum Gasteiger partial charge on any atom is -0.388 e. The van der Waals surface area contributed by atoms with Gasteiger partial charge in [-0.2, -0.15) is 0 Å². The van der Waals surface area contributed by atoms with Crippen LogP contribution >= 0.6 is 0 Å². The summed E-state index contributed by atoms with van der Waals surface area (Å²) in [6.45, 7) is 0. The van der Waals surface area contributed by atoms with Crippen molar-refractivity contribution in [2.45, 2.75) is 18.8 Å². The number of nitrogens with one attached hydrogen (secondary N) is 1. The predicted molar refractivity (Wildman–Crippen MR) is 63.2 cm³/mol. The molecule has 0 saturated heterocycles. The van der Waals surface area contributed by atoms with Crippen molar-refractivity contribution < 1.29 is 4.39 Å². The molecule has 0 radical (unpaired) electrons. The molecule has 3 heteroatoms. The van der Waals surface area contributed by atoms with Crippen molar-refractivity contribution in [2.24, 2.45) is 0 Å². The Balaban J connectivity index is 2.25. The monoisotopic (exact) mass is 216 g/mol. The van der Waals surface area contributed by atoms with Gasteiger partial charge in [-0.1, -0.05) is 0 Å². The molecule has 1 aliphatic rings. The van der Waals surface area contributed by atoms with Crippen LogP contribution in [-0.4, -0.2) is 12.0 Å². The Kier molecular flexibility index (Phi) is 2.06. The number of rotatable bonds is 2. The maximum atomic E-state index is 13.2. The lowest BCUT2D eigenvalue weighted by Crippen LogP contribution is -1.95. The molecule has 1 heterocycles. The first-order valence-corrected chi connectivity index (χ1v) is 5.56. The largest absolute Gasteiger partial charge is 0.388 e. The number of hydrogen-bond acceptors (Lipinski definition) is 2. The summed E-state index contributed by atoms with van der Waals surface area (Å²) in [7, 11) is 1.86. The average molecular weight is 216 g/mol. The SMILES string of the molecule is CNc1cc(C2CC2)nc2ccc(F)cc12. The number of aromatic nitrogens is 1. The van der Waals surface area contributed by atoms with E-state index in [1.807, 2.05) is 13.1 Å². The zero-order valence-corrected chi connectivity index (χ0v) is 9.13. The summed E-state index contributed by atoms with van der Waals surface area (Å²) in [6.07, 6.45) is 2.45. The lowest BCUT2D eigenvalue weighted by atomic mass is 10.1. The predicted octanol–water partition coefficient (Wildman–Crippen LogP) is 3.29. The first kappa shape index (κ1) is 9.58. The van der Waals surface area contributed by atoms with Gasteiger partial charge >= 0.3 is 0 Å². The quantitative estimate of drug-likeness (QED) is 0.833. The molecular weight excluding hydrogens is 203 g/mol. The topological polar surface area (TPSA) is 24.9 Å². The maximum absolute atomic E-state index is 13.2. The van der Waals surface area contributed by atoms with E-state index >= 15 is 0 Å². The van der Waals surface area contributed by atoms with Crippen LogP contribution in [0.3, 0.4) is 0 Å². The maximum Gasteiger partial charge on any atom is 0.124 e. The summed E-state index contributed by atoms with van der Waals surface area (Å²) >= 11 is 0. The van der Waals surface area contributed by atoms with E-state index in [1.165, 1.54) is 25.0 Å². The van der Waals surface area contributed by atoms with Gasteiger partial charge in [0.1, 0.15) is 5.82 Å². The molecule has 82 valence electrons. The third-order valence-electron chi connectivity index (χ3n) is 3.06. The minimum absolute atomic E-state index is 0.218. The smallest absolute Gasteiger partial charge is 0.124 e. The van der Waals surface area contributed by atoms with Crippen molar-refractivity contribution in [3.8, 4) is 0 Å². The van der Waals surface area contributed by atoms with Gasteiger partial charge in [-0.3, -0.25) is 4.98 Å². The minimum atomic E-state index is -0.218. The Hall–Kier alpha value is -1.64. The van der Waals surface area contributed by atoms with Gasteiger partial charge in [0.2, 0.25) is 0 Å². The van der Waals surface area contributed by atoms with Crippen LogP contribution < -0.4 is 5.32 Å². The fraction of sp³-hybridized carbons (Fsp3) is 0.308. The highest BCUT2D eigenvalue weighted by Crippen LogP contribution is 2.41. The number of nitrogens with zero attached hydrogens (tertiary/aromatic N) is 1. The Morgan fingerprint density at radius 3 is 2.81 bits per heavy atom. The molecule has 0 atom stereocenters. The van der Waals surface area contributed by atoms with E-state index in [4.69, 9.17) is 0 Å². The highest BCUT2D eigenvalue weighted by atomic mass is 19.1. The third kappa shape index (κ3) is 1.52. The number of halogens is 1. The molecule has 1 N–H and O–H groups in total. The van der Waals surface area contributed by atoms with Gasteiger partial charge in [0.25, 0.3) is 0 Å². The number of pyridine rings is 1. The molecule has 3 rings (SSSR count). The van der Waals surface area contributed by atoms with Crippen molar-refractivity contribution in [1.29, 1.82) is 0 Å². The van der Waals surface area contributed by atoms with Crippen LogP contribution in [0.5, 0.6) is 0 Å². The van der Waals surface area contributed by atoms with Crippen molar-refractivity contribution in [2.75, 3.05) is 12.4 Å². The number of hydrogen-bond donors (Lipinski definition) is 1. The molecule has 2 aromatic rings. The number of benzene rings is 1. The van der Waals surface area contributed by atoms with Crippen LogP contribution in [0.1, 0.15) is 24.5 Å². The summed E-state index contributed by atoms with van der Waals surface area (Å²) in [6, 6.07) is 6.78. The molecule has 2 nitrogen and oxygen atoms in total. The van der Waals surface area contributed by atoms with E-state index in [2.05, 4.69) is 10.3 Å². The molecule has 1 fully saturated rings. The first-order chi connectivity index (χ1) is 7.78. The Labute approximate surface area is 93.5 Å². The van der Waals surface area contributed by atoms with Crippen molar-refractivity contribution in [1.82, 2.24) is 4.98 Å². The molecule has 1 aromatic carbocycles. The van der Waals surface area contributed by atoms with Crippen molar-refractivity contribution in [3.63, 3.8) is 0 Å². The molecular formula is C13H13FN2. The summed E-state index contributed by atoms with van der Waals surface area (Å²) in [4.78, 5) is 4.58. The van der Waals surface area contributed by atoms with Gasteiger partial charge in [-0.25, -0.2) is 4.39 Å². The first-order valence-electron chi connectivity index (χ1n) is 5.56. The van der Waals surface area contributed by atoms with Crippen molar-refractivity contribution in [3.05, 3.63) is 35.8 Å². The van der Waals surface area contributed by atoms with Gasteiger partial charge in [0.05, 0.1) is 5.52 Å². The molecule has 0 spiro atoms. The van der Waals surface area contributed by atoms with E-state index < -0.39 is 0 Å². The van der Waals surface area contributed by atoms with Crippen LogP contribution in [-0.2, 0) is 0 Å². The Bertz CT molecular complexity index is 547. The van der Waals surface area contributed by atoms with Gasteiger partial charge in [0.15, 0.2) is 0 Å². The molecule has 0 aliphatic heterocycles. The lowest BCUT2D eigenvalue weighted by molar-refractivity contribution is 0.629. The second kappa shape index (κ2) is 3.44. The fourth-order valence-corrected chi connectivity index (χ4v) is 2.01. The molecule has 0 amide bonds. The van der Waals surface area contributed by atoms with Crippen LogP contribution in [0, 0.1) is 5.82 Å². The third-order valence-corrected chi connectivity index (χ3v) is 3.06. The van der Waals surface area contributed by atoms with Gasteiger partial charge in [-0.05, 0) is 37.1 Å². The summed E-state index contributed by atoms with van der Waals surface area (Å²) in [5.74, 6) is 0.395. The van der Waals surface area contributed by atoms with Gasteiger partial charge in [0, 0.05) is 29.7 Å². The van der Waals surface area contributed by atoms with Gasteiger partial charge < -0.3 is 5.32 Å². The average Bonchev–Trinajstić information content (AvgIpc) is 3.11. The van der Waals surface area contributed by atoms with Gasteiger partial charge in [-0.15, -0.1) is 0 Å². The van der Waals surface area contributed by atoms with Crippen LogP contribution in [0.25, 0.3) is 10.9 Å². The van der Waals surface area contributed by atoms with Crippen LogP contribution in [0.4, 0.5) is 10.1 Å². The van der Waals surface area contributed by atoms with Crippen molar-refractivity contribution >= 4 is 16.6 Å². The second-order valence-electron chi connectivity index (χ2n) is 4.28. The number of anilines is 1. The molecule has 16 heavy (non-hydrogen) atoms. The number of fused-ring (bicyclic) bond motifs is 1. The standard InChI is InChI=1S/C13H13FN2/c1-15-13-7-12(8-2-3-8)16-11-5-4-9(14)6-10(11)13/h4-8H,2-3H2,1H3,(H,15,16). The fourth-order valence-electron chi connectivity index (χ4n) is 2.01. The zero-order chi connectivity index (χ0) is 11.1. The zero-order valence-electron chi connectivity index (χ0n) is 9.13. The molecule has 1 saturated carbocycles. The molecule has 1 aromatic heterocycles. The van der Waals surface area contributed by atoms with E-state index in [-0.39, 0.29) is 5.82 Å². The van der Waals surface area contributed by atoms with E-state index in [9.17, 15) is 4.39 Å². The second-order valence-corrected chi connectivity index (χ2v) is 4.28. The highest BCUT2D eigenvalue weighted by molar-refractivity contribution is 5.91. The van der Waals surface area contributed by atoms with E-state index in [0.717, 1.165) is 22.3 Å². The summed E-state index contributed by atoms with van der Waals surface area (Å²) in [5, 5.41) is 3.97. The lowest BCUT2D eigenvalue weighted by Gasteiger charge is -2.08. The Morgan fingerprint density at radius 2 is 2.12 bits per heavy atom. The normalized spacial score (nSPS) is 15.4. The Morgan fingerprint density at radius 1 is 1.31 bits per heavy atom. The van der Waals surface area contributed by atoms with Crippen LogP contribution in [0.2, 0.25) is 0 Å². The van der Waals surface area contributed by atoms with E-state index in [0.29, 0.717) is 5.92 Å². The van der Waals surface area contributed by atoms with E-state index in [1.54, 1.807) is 6.07 Å².